The van der Waals surface area contributed by atoms with Gasteiger partial charge in [-0.2, -0.15) is 0 Å². The zero-order chi connectivity index (χ0) is 82.5. The third-order valence-corrected chi connectivity index (χ3v) is 22.2. The monoisotopic (exact) mass is 1600 g/mol. The Morgan fingerprint density at radius 2 is 1.41 bits per heavy atom. The maximum Gasteiger partial charge on any atom is 0.411 e. The first-order valence-corrected chi connectivity index (χ1v) is 38.5. The van der Waals surface area contributed by atoms with Crippen LogP contribution < -0.4 is 42.4 Å². The number of primary amides is 1. The number of urea groups is 1. The predicted octanol–water partition coefficient (Wildman–Crippen LogP) is 2.36. The van der Waals surface area contributed by atoms with Crippen molar-refractivity contribution in [3.8, 4) is 5.75 Å². The Hall–Kier alpha value is -8.33. The Bertz CT molecular complexity index is 3710. The number of carbonyl (C=O) groups excluding carboxylic acids is 11. The number of fused-ring (bicyclic) bond motifs is 7. The number of benzene rings is 2. The molecular weight excluding hydrogens is 1490 g/mol. The average Bonchev–Trinajstić information content (AvgIpc) is 1.53. The fraction of sp³-hybridized carbons (Fsp3) is 0.654. The normalized spacial score (nSPS) is 26.8. The lowest BCUT2D eigenvalue weighted by atomic mass is 9.44. The quantitative estimate of drug-likeness (QED) is 0.0334. The lowest BCUT2D eigenvalue weighted by Gasteiger charge is -2.63. The summed E-state index contributed by atoms with van der Waals surface area (Å²) in [4.78, 5) is 146. The third kappa shape index (κ3) is 22.4. The standard InChI is InChI=1S/C78H110F2N8O25/c1-7-9-66-112-62-38-52-53-37-55(79)54-36-50(90)21-23-75(54,5)77(53,80)60(94)39-76(52,6)78(62,113-66)61(95)43-110-51-17-15-49(16-18-51)85-74(105)111-42-46-11-13-48(14-12-46)84-70(101)47(10-8-24-82-73(81)104)35-57(91)67(44(2)3)87-71(102)56(19-20-63(96)83-40-58(92)68(99)69(100)59(93)41-89)86-64(97)22-26-106-28-30-108-32-33-109-31-29-107-27-25-88-65(98)34-45(4)72(88)103/h11-18,21,23,36,44-45,47,52-53,55-56,58-60,62,66-69,89,92-94,99-100H,7-10,19-20,22,24-35,37-43H2,1-6H3,(H,83,96)(H,84,101)(H,85,105)(H,86,97)(H,87,102)(H3,81,82,104)/t45?,47-,52+,53+,55+,56-,58+,59-,60+,62-,66?,67+,68-,69-,75+,76+,77+,78-/m1/s1. The van der Waals surface area contributed by atoms with Crippen molar-refractivity contribution in [1.29, 1.82) is 0 Å². The molecule has 6 aliphatic rings. The molecule has 2 aromatic rings. The van der Waals surface area contributed by atoms with Crippen LogP contribution in [0.4, 0.5) is 29.7 Å². The highest BCUT2D eigenvalue weighted by molar-refractivity contribution is 6.03. The summed E-state index contributed by atoms with van der Waals surface area (Å²) in [6, 6.07) is 8.72. The van der Waals surface area contributed by atoms with Crippen LogP contribution in [0.25, 0.3) is 0 Å². The molecule has 33 nitrogen and oxygen atoms in total. The maximum atomic E-state index is 18.0. The molecule has 0 bridgehead atoms. The SMILES string of the molecule is CCCC1O[C@@H]2C[C@H]3[C@@H]4C[C@H](F)C5=CC(=O)C=C[C@]5(C)[C@@]4(F)[C@@H](O)C[C@]3(C)[C@]2(C(=O)COc2ccc(NC(=O)OCc3ccc(NC(=O)[C@H](CCCNC(N)=O)CC(=O)[C@@H](NC(=O)[C@@H](CCC(=O)NC[C@H](O)[C@@H](O)[C@H](O)[C@H](O)CO)NC(=O)CCOCCOCCOCCOCCN4C(=O)CC(C)C4=O)C(C)C)cc3)cc2)O1. The summed E-state index contributed by atoms with van der Waals surface area (Å²) in [7, 11) is 0. The fourth-order valence-corrected chi connectivity index (χ4v) is 16.1. The number of Topliss-reactive ketones (excluding diaryl/α,β-unsaturated/α-hetero) is 2. The van der Waals surface area contributed by atoms with Crippen molar-refractivity contribution in [3.63, 3.8) is 0 Å². The van der Waals surface area contributed by atoms with Crippen LogP contribution in [0.15, 0.2) is 72.3 Å². The van der Waals surface area contributed by atoms with Crippen molar-refractivity contribution in [2.45, 2.75) is 198 Å². The fourth-order valence-electron chi connectivity index (χ4n) is 16.1. The molecule has 9 amide bonds. The Morgan fingerprint density at radius 1 is 0.770 bits per heavy atom. The van der Waals surface area contributed by atoms with Crippen molar-refractivity contribution in [2.24, 2.45) is 46.2 Å². The number of aliphatic hydroxyl groups is 6. The molecule has 35 heteroatoms. The number of nitrogens with zero attached hydrogens (tertiary/aromatic N) is 1. The van der Waals surface area contributed by atoms with Crippen LogP contribution in [0, 0.1) is 40.4 Å². The number of rotatable bonds is 46. The Balaban J connectivity index is 0.810. The second kappa shape index (κ2) is 41.3. The van der Waals surface area contributed by atoms with Gasteiger partial charge in [-0.05, 0) is 123 Å². The van der Waals surface area contributed by atoms with Gasteiger partial charge in [-0.15, -0.1) is 0 Å². The van der Waals surface area contributed by atoms with Gasteiger partial charge in [0.05, 0.1) is 90.4 Å². The van der Waals surface area contributed by atoms with Crippen LogP contribution in [-0.4, -0.2) is 259 Å². The number of likely N-dealkylation sites (tertiary alicyclic amines) is 1. The first-order chi connectivity index (χ1) is 53.7. The zero-order valence-electron chi connectivity index (χ0n) is 64.6. The van der Waals surface area contributed by atoms with E-state index < -0.39 is 193 Å². The first kappa shape index (κ1) is 90.2. The van der Waals surface area contributed by atoms with E-state index in [2.05, 4.69) is 31.9 Å². The number of ether oxygens (including phenoxy) is 8. The topological polar surface area (TPSA) is 484 Å². The Labute approximate surface area is 653 Å². The summed E-state index contributed by atoms with van der Waals surface area (Å²) < 4.78 is 80.8. The number of nitrogens with two attached hydrogens (primary N) is 1. The molecule has 2 unspecified atom stereocenters. The van der Waals surface area contributed by atoms with Gasteiger partial charge in [0.15, 0.2) is 29.1 Å². The van der Waals surface area contributed by atoms with Gasteiger partial charge in [-0.1, -0.05) is 59.2 Å². The Morgan fingerprint density at radius 3 is 2.04 bits per heavy atom. The number of imide groups is 1. The number of ketones is 3. The lowest BCUT2D eigenvalue weighted by Crippen LogP contribution is -2.71. The number of aliphatic hydroxyl groups excluding tert-OH is 6. The molecule has 8 rings (SSSR count). The van der Waals surface area contributed by atoms with Crippen LogP contribution in [0.5, 0.6) is 5.75 Å². The number of hydrogen-bond acceptors (Lipinski definition) is 25. The molecule has 0 aromatic heterocycles. The summed E-state index contributed by atoms with van der Waals surface area (Å²) >= 11 is 0. The molecule has 14 N–H and O–H groups in total. The molecular formula is C78H110F2N8O25. The van der Waals surface area contributed by atoms with E-state index in [1.807, 2.05) is 6.92 Å². The minimum atomic E-state index is -2.38. The second-order valence-electron chi connectivity index (χ2n) is 30.4. The summed E-state index contributed by atoms with van der Waals surface area (Å²) in [5.41, 5.74) is -0.566. The second-order valence-corrected chi connectivity index (χ2v) is 30.4. The van der Waals surface area contributed by atoms with Crippen LogP contribution in [0.2, 0.25) is 0 Å². The molecule has 626 valence electrons. The van der Waals surface area contributed by atoms with E-state index in [-0.39, 0.29) is 159 Å². The minimum Gasteiger partial charge on any atom is -0.486 e. The molecule has 113 heavy (non-hydrogen) atoms. The summed E-state index contributed by atoms with van der Waals surface area (Å²) in [6.07, 6.45) is -10.1. The molecule has 18 atom stereocenters. The van der Waals surface area contributed by atoms with Crippen molar-refractivity contribution in [3.05, 3.63) is 77.9 Å². The van der Waals surface area contributed by atoms with Gasteiger partial charge in [0.2, 0.25) is 41.2 Å². The molecule has 5 fully saturated rings. The van der Waals surface area contributed by atoms with Gasteiger partial charge in [0.1, 0.15) is 49.5 Å². The average molecular weight is 1600 g/mol. The summed E-state index contributed by atoms with van der Waals surface area (Å²) in [6.45, 7) is 9.20. The number of allylic oxidation sites excluding steroid dienone is 4. The van der Waals surface area contributed by atoms with Crippen molar-refractivity contribution >= 4 is 76.3 Å². The van der Waals surface area contributed by atoms with Gasteiger partial charge in [-0.3, -0.25) is 53.4 Å². The summed E-state index contributed by atoms with van der Waals surface area (Å²) in [5, 5.41) is 76.9. The van der Waals surface area contributed by atoms with Crippen molar-refractivity contribution in [2.75, 3.05) is 96.3 Å². The van der Waals surface area contributed by atoms with E-state index >= 15 is 8.78 Å². The molecule has 0 radical (unpaired) electrons. The largest absolute Gasteiger partial charge is 0.486 e. The molecule has 4 aliphatic carbocycles. The molecule has 2 aliphatic heterocycles. The molecule has 3 saturated carbocycles. The molecule has 2 heterocycles. The minimum absolute atomic E-state index is 0.0144. The highest BCUT2D eigenvalue weighted by Crippen LogP contribution is 2.72. The van der Waals surface area contributed by atoms with Gasteiger partial charge in [0, 0.05) is 78.7 Å². The van der Waals surface area contributed by atoms with Crippen molar-refractivity contribution < 1.29 is 130 Å². The predicted molar refractivity (Wildman–Crippen MR) is 398 cm³/mol. The number of nitrogens with one attached hydrogen (secondary N) is 6. The zero-order valence-corrected chi connectivity index (χ0v) is 64.6. The van der Waals surface area contributed by atoms with Crippen LogP contribution in [0.3, 0.4) is 0 Å². The van der Waals surface area contributed by atoms with Gasteiger partial charge in [-0.25, -0.2) is 18.4 Å². The highest BCUT2D eigenvalue weighted by Gasteiger charge is 2.80. The third-order valence-electron chi connectivity index (χ3n) is 22.2. The number of halogens is 2. The highest BCUT2D eigenvalue weighted by atomic mass is 19.1. The number of carbonyl (C=O) groups is 11. The van der Waals surface area contributed by atoms with Gasteiger partial charge in [0.25, 0.3) is 0 Å². The van der Waals surface area contributed by atoms with Crippen molar-refractivity contribution in [1.82, 2.24) is 26.2 Å². The Kier molecular flexibility index (Phi) is 33.0. The van der Waals surface area contributed by atoms with Gasteiger partial charge >= 0.3 is 12.1 Å². The van der Waals surface area contributed by atoms with E-state index in [1.165, 1.54) is 60.4 Å². The van der Waals surface area contributed by atoms with Crippen LogP contribution >= 0.6 is 0 Å². The van der Waals surface area contributed by atoms with E-state index in [4.69, 9.17) is 48.7 Å². The van der Waals surface area contributed by atoms with E-state index in [9.17, 15) is 78.3 Å². The number of anilines is 2. The van der Waals surface area contributed by atoms with E-state index in [0.717, 1.165) is 6.08 Å². The van der Waals surface area contributed by atoms with Gasteiger partial charge < -0.3 is 101 Å². The molecule has 2 saturated heterocycles. The van der Waals surface area contributed by atoms with Crippen LogP contribution in [-0.2, 0) is 82.9 Å². The number of hydrogen-bond donors (Lipinski definition) is 13. The molecule has 2 aromatic carbocycles. The molecule has 0 spiro atoms. The smallest absolute Gasteiger partial charge is 0.411 e. The first-order valence-electron chi connectivity index (χ1n) is 38.5. The number of amides is 9. The van der Waals surface area contributed by atoms with E-state index in [1.54, 1.807) is 39.8 Å². The maximum absolute atomic E-state index is 18.0. The van der Waals surface area contributed by atoms with Crippen LogP contribution in [0.1, 0.15) is 124 Å². The number of alkyl halides is 2. The van der Waals surface area contributed by atoms with E-state index in [0.29, 0.717) is 24.1 Å². The summed E-state index contributed by atoms with van der Waals surface area (Å²) in [5.74, 6) is -8.49. The lowest BCUT2D eigenvalue weighted by molar-refractivity contribution is -0.234.